The molecular formula is C11H21N3O5. The minimum atomic E-state index is -1.49. The van der Waals surface area contributed by atoms with Gasteiger partial charge in [0.1, 0.15) is 0 Å². The van der Waals surface area contributed by atoms with Crippen molar-refractivity contribution < 1.29 is 24.6 Å². The van der Waals surface area contributed by atoms with Crippen molar-refractivity contribution in [3.05, 3.63) is 0 Å². The predicted octanol–water partition coefficient (Wildman–Crippen LogP) is -0.962. The molecule has 0 heterocycles. The van der Waals surface area contributed by atoms with Gasteiger partial charge >= 0.3 is 12.0 Å². The van der Waals surface area contributed by atoms with E-state index >= 15 is 0 Å². The maximum atomic E-state index is 11.2. The molecule has 8 heteroatoms. The molecule has 0 bridgehead atoms. The van der Waals surface area contributed by atoms with E-state index in [1.165, 1.54) is 0 Å². The molecule has 0 unspecified atom stereocenters. The zero-order chi connectivity index (χ0) is 14.7. The van der Waals surface area contributed by atoms with Crippen LogP contribution in [-0.4, -0.2) is 53.9 Å². The van der Waals surface area contributed by atoms with Crippen LogP contribution < -0.4 is 16.0 Å². The van der Waals surface area contributed by atoms with Crippen molar-refractivity contribution in [1.29, 1.82) is 0 Å². The summed E-state index contributed by atoms with van der Waals surface area (Å²) >= 11 is 0. The van der Waals surface area contributed by atoms with Gasteiger partial charge in [0.15, 0.2) is 6.10 Å². The van der Waals surface area contributed by atoms with Gasteiger partial charge in [0.2, 0.25) is 5.91 Å². The Hall–Kier alpha value is -1.83. The minimum Gasteiger partial charge on any atom is -0.479 e. The van der Waals surface area contributed by atoms with E-state index in [4.69, 9.17) is 10.2 Å². The van der Waals surface area contributed by atoms with Gasteiger partial charge in [-0.05, 0) is 6.42 Å². The minimum absolute atomic E-state index is 0.0430. The highest BCUT2D eigenvalue weighted by Gasteiger charge is 2.12. The second kappa shape index (κ2) is 10.1. The highest BCUT2D eigenvalue weighted by Crippen LogP contribution is 1.89. The monoisotopic (exact) mass is 275 g/mol. The summed E-state index contributed by atoms with van der Waals surface area (Å²) in [7, 11) is 0. The molecule has 0 aromatic rings. The SMILES string of the molecule is CCCNC(=O)CCNC(=O)NCC[C@H](O)C(=O)O. The lowest BCUT2D eigenvalue weighted by atomic mass is 10.2. The largest absolute Gasteiger partial charge is 0.479 e. The number of carboxylic acid groups (broad SMARTS) is 1. The summed E-state index contributed by atoms with van der Waals surface area (Å²) in [4.78, 5) is 32.7. The van der Waals surface area contributed by atoms with E-state index in [0.717, 1.165) is 6.42 Å². The Balaban J connectivity index is 3.54. The van der Waals surface area contributed by atoms with Gasteiger partial charge in [0.05, 0.1) is 0 Å². The predicted molar refractivity (Wildman–Crippen MR) is 67.6 cm³/mol. The van der Waals surface area contributed by atoms with Gasteiger partial charge in [-0.25, -0.2) is 9.59 Å². The van der Waals surface area contributed by atoms with Gasteiger partial charge < -0.3 is 26.2 Å². The number of aliphatic hydroxyl groups excluding tert-OH is 1. The highest BCUT2D eigenvalue weighted by atomic mass is 16.4. The van der Waals surface area contributed by atoms with E-state index in [1.807, 2.05) is 6.92 Å². The molecule has 110 valence electrons. The Kier molecular flexibility index (Phi) is 9.15. The summed E-state index contributed by atoms with van der Waals surface area (Å²) in [6, 6.07) is -0.499. The van der Waals surface area contributed by atoms with Gasteiger partial charge in [-0.3, -0.25) is 4.79 Å². The Morgan fingerprint density at radius 3 is 2.26 bits per heavy atom. The second-order valence-electron chi connectivity index (χ2n) is 3.93. The normalized spacial score (nSPS) is 11.5. The lowest BCUT2D eigenvalue weighted by molar-refractivity contribution is -0.146. The average Bonchev–Trinajstić information content (AvgIpc) is 2.36. The molecule has 0 aliphatic rings. The van der Waals surface area contributed by atoms with Gasteiger partial charge in [-0.1, -0.05) is 6.92 Å². The fraction of sp³-hybridized carbons (Fsp3) is 0.727. The standard InChI is InChI=1S/C11H21N3O5/c1-2-5-12-9(16)4-7-14-11(19)13-6-3-8(15)10(17)18/h8,15H,2-7H2,1H3,(H,12,16)(H,17,18)(H2,13,14,19)/t8-/m0/s1. The third-order valence-electron chi connectivity index (χ3n) is 2.20. The first-order chi connectivity index (χ1) is 8.97. The van der Waals surface area contributed by atoms with E-state index < -0.39 is 18.1 Å². The molecule has 0 radical (unpaired) electrons. The molecule has 5 N–H and O–H groups in total. The number of carbonyl (C=O) groups is 3. The molecule has 1 atom stereocenters. The molecule has 8 nitrogen and oxygen atoms in total. The molecule has 0 spiro atoms. The van der Waals surface area contributed by atoms with Crippen molar-refractivity contribution in [2.75, 3.05) is 19.6 Å². The van der Waals surface area contributed by atoms with Crippen LogP contribution in [0.3, 0.4) is 0 Å². The van der Waals surface area contributed by atoms with Crippen LogP contribution in [0, 0.1) is 0 Å². The van der Waals surface area contributed by atoms with Crippen LogP contribution in [0.1, 0.15) is 26.2 Å². The van der Waals surface area contributed by atoms with Gasteiger partial charge in [-0.2, -0.15) is 0 Å². The fourth-order valence-electron chi connectivity index (χ4n) is 1.15. The number of nitrogens with one attached hydrogen (secondary N) is 3. The van der Waals surface area contributed by atoms with Crippen molar-refractivity contribution in [2.24, 2.45) is 0 Å². The Morgan fingerprint density at radius 2 is 1.68 bits per heavy atom. The van der Waals surface area contributed by atoms with Crippen molar-refractivity contribution in [1.82, 2.24) is 16.0 Å². The Bertz CT molecular complexity index is 309. The number of hydrogen-bond acceptors (Lipinski definition) is 4. The quantitative estimate of drug-likeness (QED) is 0.370. The van der Waals surface area contributed by atoms with Crippen molar-refractivity contribution in [3.8, 4) is 0 Å². The van der Waals surface area contributed by atoms with Crippen LogP contribution in [0.15, 0.2) is 0 Å². The number of hydrogen-bond donors (Lipinski definition) is 5. The van der Waals surface area contributed by atoms with Crippen LogP contribution in [0.4, 0.5) is 4.79 Å². The smallest absolute Gasteiger partial charge is 0.332 e. The molecular weight excluding hydrogens is 254 g/mol. The van der Waals surface area contributed by atoms with E-state index in [-0.39, 0.29) is 31.8 Å². The van der Waals surface area contributed by atoms with Crippen LogP contribution in [0.2, 0.25) is 0 Å². The van der Waals surface area contributed by atoms with E-state index in [1.54, 1.807) is 0 Å². The molecule has 0 fully saturated rings. The molecule has 0 aliphatic carbocycles. The lowest BCUT2D eigenvalue weighted by Crippen LogP contribution is -2.39. The molecule has 0 rings (SSSR count). The molecule has 0 saturated carbocycles. The number of carboxylic acids is 1. The number of rotatable bonds is 9. The van der Waals surface area contributed by atoms with Crippen LogP contribution in [0.5, 0.6) is 0 Å². The summed E-state index contributed by atoms with van der Waals surface area (Å²) in [6.07, 6.45) is -0.517. The van der Waals surface area contributed by atoms with Crippen molar-refractivity contribution in [3.63, 3.8) is 0 Å². The summed E-state index contributed by atoms with van der Waals surface area (Å²) < 4.78 is 0. The molecule has 0 saturated heterocycles. The third kappa shape index (κ3) is 9.83. The van der Waals surface area contributed by atoms with Crippen LogP contribution in [0.25, 0.3) is 0 Å². The zero-order valence-electron chi connectivity index (χ0n) is 10.9. The number of urea groups is 1. The van der Waals surface area contributed by atoms with Gasteiger partial charge in [-0.15, -0.1) is 0 Å². The molecule has 0 aromatic carbocycles. The fourth-order valence-corrected chi connectivity index (χ4v) is 1.15. The van der Waals surface area contributed by atoms with Gasteiger partial charge in [0.25, 0.3) is 0 Å². The number of amides is 3. The van der Waals surface area contributed by atoms with Crippen molar-refractivity contribution >= 4 is 17.9 Å². The first-order valence-electron chi connectivity index (χ1n) is 6.16. The maximum absolute atomic E-state index is 11.2. The van der Waals surface area contributed by atoms with Crippen LogP contribution in [-0.2, 0) is 9.59 Å². The summed E-state index contributed by atoms with van der Waals surface area (Å²) in [5, 5.41) is 24.8. The van der Waals surface area contributed by atoms with Crippen LogP contribution >= 0.6 is 0 Å². The molecule has 0 aromatic heterocycles. The summed E-state index contributed by atoms with van der Waals surface area (Å²) in [5.41, 5.74) is 0. The second-order valence-corrected chi connectivity index (χ2v) is 3.93. The highest BCUT2D eigenvalue weighted by molar-refractivity contribution is 5.78. The Labute approximate surface area is 111 Å². The maximum Gasteiger partial charge on any atom is 0.332 e. The van der Waals surface area contributed by atoms with E-state index in [9.17, 15) is 14.4 Å². The number of aliphatic hydroxyl groups is 1. The summed E-state index contributed by atoms with van der Waals surface area (Å²) in [6.45, 7) is 2.79. The first kappa shape index (κ1) is 17.2. The van der Waals surface area contributed by atoms with Crippen molar-refractivity contribution in [2.45, 2.75) is 32.3 Å². The topological polar surface area (TPSA) is 128 Å². The zero-order valence-corrected chi connectivity index (χ0v) is 10.9. The Morgan fingerprint density at radius 1 is 1.05 bits per heavy atom. The number of carbonyl (C=O) groups excluding carboxylic acids is 2. The summed E-state index contributed by atoms with van der Waals surface area (Å²) in [5.74, 6) is -1.46. The van der Waals surface area contributed by atoms with Gasteiger partial charge in [0, 0.05) is 32.5 Å². The third-order valence-corrected chi connectivity index (χ3v) is 2.20. The van der Waals surface area contributed by atoms with E-state index in [0.29, 0.717) is 6.54 Å². The molecule has 3 amide bonds. The average molecular weight is 275 g/mol. The number of aliphatic carboxylic acids is 1. The molecule has 19 heavy (non-hydrogen) atoms. The first-order valence-corrected chi connectivity index (χ1v) is 6.16. The lowest BCUT2D eigenvalue weighted by Gasteiger charge is -2.09. The van der Waals surface area contributed by atoms with E-state index in [2.05, 4.69) is 16.0 Å². The molecule has 0 aliphatic heterocycles.